The van der Waals surface area contributed by atoms with Gasteiger partial charge in [-0.1, -0.05) is 0 Å². The largest absolute Gasteiger partial charge is 0.444 e. The predicted molar refractivity (Wildman–Crippen MR) is 81.8 cm³/mol. The van der Waals surface area contributed by atoms with Crippen LogP contribution in [0.2, 0.25) is 0 Å². The van der Waals surface area contributed by atoms with Gasteiger partial charge in [0, 0.05) is 23.9 Å². The van der Waals surface area contributed by atoms with Crippen molar-refractivity contribution < 1.29 is 9.53 Å². The van der Waals surface area contributed by atoms with E-state index in [0.717, 1.165) is 6.54 Å². The average molecular weight is 288 g/mol. The normalized spacial score (nSPS) is 25.1. The number of carbonyl (C=O) groups excluding carboxylic acids is 1. The Morgan fingerprint density at radius 2 is 2.16 bits per heavy atom. The summed E-state index contributed by atoms with van der Waals surface area (Å²) in [4.78, 5) is 11.5. The highest BCUT2D eigenvalue weighted by Gasteiger charge is 2.29. The summed E-state index contributed by atoms with van der Waals surface area (Å²) in [5.74, 6) is 1.27. The van der Waals surface area contributed by atoms with Crippen molar-refractivity contribution in [2.75, 3.05) is 18.8 Å². The molecule has 0 aliphatic carbocycles. The Morgan fingerprint density at radius 1 is 1.47 bits per heavy atom. The van der Waals surface area contributed by atoms with Gasteiger partial charge in [0.15, 0.2) is 0 Å². The molecule has 1 rings (SSSR count). The quantitative estimate of drug-likeness (QED) is 0.817. The van der Waals surface area contributed by atoms with Crippen LogP contribution in [-0.4, -0.2) is 41.3 Å². The monoisotopic (exact) mass is 288 g/mol. The minimum Gasteiger partial charge on any atom is -0.444 e. The van der Waals surface area contributed by atoms with Crippen molar-refractivity contribution in [2.45, 2.75) is 63.9 Å². The summed E-state index contributed by atoms with van der Waals surface area (Å²) in [5.41, 5.74) is -0.436. The van der Waals surface area contributed by atoms with E-state index in [1.54, 1.807) is 0 Å². The summed E-state index contributed by atoms with van der Waals surface area (Å²) >= 11 is 2.04. The van der Waals surface area contributed by atoms with Gasteiger partial charge in [0.05, 0.1) is 0 Å². The molecule has 112 valence electrons. The molecule has 1 heterocycles. The van der Waals surface area contributed by atoms with Gasteiger partial charge < -0.3 is 15.4 Å². The van der Waals surface area contributed by atoms with Gasteiger partial charge in [-0.3, -0.25) is 0 Å². The maximum atomic E-state index is 11.5. The van der Waals surface area contributed by atoms with Crippen LogP contribution in [0.25, 0.3) is 0 Å². The molecule has 5 heteroatoms. The fourth-order valence-corrected chi connectivity index (χ4v) is 3.24. The lowest BCUT2D eigenvalue weighted by Gasteiger charge is -2.26. The van der Waals surface area contributed by atoms with E-state index in [4.69, 9.17) is 4.74 Å². The second-order valence-electron chi connectivity index (χ2n) is 6.57. The summed E-state index contributed by atoms with van der Waals surface area (Å²) in [7, 11) is 0. The fourth-order valence-electron chi connectivity index (χ4n) is 1.99. The van der Waals surface area contributed by atoms with Crippen molar-refractivity contribution in [3.63, 3.8) is 0 Å². The summed E-state index contributed by atoms with van der Waals surface area (Å²) in [6.45, 7) is 11.6. The van der Waals surface area contributed by atoms with Crippen LogP contribution in [0, 0.1) is 0 Å². The van der Waals surface area contributed by atoms with Crippen LogP contribution in [0.3, 0.4) is 0 Å². The van der Waals surface area contributed by atoms with Crippen molar-refractivity contribution in [2.24, 2.45) is 0 Å². The van der Waals surface area contributed by atoms with Gasteiger partial charge in [0.1, 0.15) is 5.60 Å². The highest BCUT2D eigenvalue weighted by Crippen LogP contribution is 2.36. The minimum atomic E-state index is -0.436. The third kappa shape index (κ3) is 7.06. The molecule has 4 nitrogen and oxygen atoms in total. The van der Waals surface area contributed by atoms with E-state index in [2.05, 4.69) is 24.5 Å². The summed E-state index contributed by atoms with van der Waals surface area (Å²) in [6.07, 6.45) is 2.24. The Hall–Kier alpha value is -0.420. The molecule has 2 N–H and O–H groups in total. The maximum Gasteiger partial charge on any atom is 0.407 e. The first kappa shape index (κ1) is 16.6. The molecular formula is C14H28N2O2S. The van der Waals surface area contributed by atoms with E-state index >= 15 is 0 Å². The number of hydrogen-bond acceptors (Lipinski definition) is 4. The molecule has 1 aliphatic heterocycles. The van der Waals surface area contributed by atoms with Crippen LogP contribution in [0.15, 0.2) is 0 Å². The van der Waals surface area contributed by atoms with Crippen molar-refractivity contribution in [1.29, 1.82) is 0 Å². The van der Waals surface area contributed by atoms with Crippen LogP contribution in [0.1, 0.15) is 47.5 Å². The molecule has 0 aromatic heterocycles. The second-order valence-corrected chi connectivity index (χ2v) is 8.25. The Morgan fingerprint density at radius 3 is 2.68 bits per heavy atom. The van der Waals surface area contributed by atoms with Gasteiger partial charge in [-0.25, -0.2) is 4.79 Å². The molecule has 1 amide bonds. The van der Waals surface area contributed by atoms with E-state index in [1.807, 2.05) is 32.5 Å². The van der Waals surface area contributed by atoms with Gasteiger partial charge in [-0.05, 0) is 53.2 Å². The molecule has 0 spiro atoms. The van der Waals surface area contributed by atoms with E-state index in [0.29, 0.717) is 11.3 Å². The zero-order chi connectivity index (χ0) is 14.5. The highest BCUT2D eigenvalue weighted by atomic mass is 32.2. The lowest BCUT2D eigenvalue weighted by atomic mass is 10.1. The minimum absolute atomic E-state index is 0.255. The zero-order valence-corrected chi connectivity index (χ0v) is 13.7. The van der Waals surface area contributed by atoms with E-state index in [9.17, 15) is 4.79 Å². The van der Waals surface area contributed by atoms with E-state index < -0.39 is 5.60 Å². The van der Waals surface area contributed by atoms with Crippen molar-refractivity contribution >= 4 is 17.9 Å². The van der Waals surface area contributed by atoms with Crippen LogP contribution in [0.4, 0.5) is 4.79 Å². The Kier molecular flexibility index (Phi) is 5.99. The topological polar surface area (TPSA) is 50.4 Å². The number of carbonyl (C=O) groups is 1. The van der Waals surface area contributed by atoms with E-state index in [-0.39, 0.29) is 12.1 Å². The zero-order valence-electron chi connectivity index (χ0n) is 12.8. The fraction of sp³-hybridized carbons (Fsp3) is 0.929. The molecule has 2 atom stereocenters. The third-order valence-electron chi connectivity index (χ3n) is 3.08. The number of alkyl carbamates (subject to hydrolysis) is 1. The number of rotatable bonds is 5. The van der Waals surface area contributed by atoms with E-state index in [1.165, 1.54) is 18.6 Å². The molecule has 1 fully saturated rings. The molecule has 0 aromatic carbocycles. The third-order valence-corrected chi connectivity index (χ3v) is 4.61. The van der Waals surface area contributed by atoms with Crippen LogP contribution in [0.5, 0.6) is 0 Å². The molecular weight excluding hydrogens is 260 g/mol. The first-order chi connectivity index (χ1) is 8.70. The van der Waals surface area contributed by atoms with Gasteiger partial charge >= 0.3 is 6.09 Å². The molecule has 0 bridgehead atoms. The number of nitrogens with one attached hydrogen (secondary N) is 2. The van der Waals surface area contributed by atoms with Crippen molar-refractivity contribution in [3.05, 3.63) is 0 Å². The van der Waals surface area contributed by atoms with Gasteiger partial charge in [-0.15, -0.1) is 0 Å². The summed E-state index contributed by atoms with van der Waals surface area (Å²) in [6, 6.07) is 0.255. The van der Waals surface area contributed by atoms with Crippen LogP contribution >= 0.6 is 11.8 Å². The first-order valence-electron chi connectivity index (χ1n) is 7.04. The molecule has 0 aromatic rings. The smallest absolute Gasteiger partial charge is 0.407 e. The second kappa shape index (κ2) is 6.84. The van der Waals surface area contributed by atoms with Crippen molar-refractivity contribution in [3.8, 4) is 0 Å². The Balaban J connectivity index is 2.17. The highest BCUT2D eigenvalue weighted by molar-refractivity contribution is 8.00. The van der Waals surface area contributed by atoms with Gasteiger partial charge in [0.2, 0.25) is 0 Å². The van der Waals surface area contributed by atoms with Gasteiger partial charge in [0.25, 0.3) is 0 Å². The summed E-state index contributed by atoms with van der Waals surface area (Å²) in [5, 5.41) is 6.29. The summed E-state index contributed by atoms with van der Waals surface area (Å²) < 4.78 is 5.57. The SMILES string of the molecule is CC(CNC(=O)OC(C)(C)C)NCC1(C)CCCS1. The Bertz CT molecular complexity index is 296. The molecule has 0 saturated carbocycles. The molecule has 19 heavy (non-hydrogen) atoms. The van der Waals surface area contributed by atoms with Crippen LogP contribution in [-0.2, 0) is 4.74 Å². The average Bonchev–Trinajstić information content (AvgIpc) is 2.69. The molecule has 1 saturated heterocycles. The first-order valence-corrected chi connectivity index (χ1v) is 8.03. The molecule has 1 aliphatic rings. The number of hydrogen-bond donors (Lipinski definition) is 2. The van der Waals surface area contributed by atoms with Gasteiger partial charge in [-0.2, -0.15) is 11.8 Å². The Labute approximate surface area is 121 Å². The number of thioether (sulfide) groups is 1. The standard InChI is InChI=1S/C14H28N2O2S/c1-11(9-15-12(17)18-13(2,3)4)16-10-14(5)7-6-8-19-14/h11,16H,6-10H2,1-5H3,(H,15,17). The van der Waals surface area contributed by atoms with Crippen LogP contribution < -0.4 is 10.6 Å². The lowest BCUT2D eigenvalue weighted by molar-refractivity contribution is 0.0523. The maximum absolute atomic E-state index is 11.5. The van der Waals surface area contributed by atoms with Crippen molar-refractivity contribution in [1.82, 2.24) is 10.6 Å². The number of ether oxygens (including phenoxy) is 1. The number of amides is 1. The molecule has 0 radical (unpaired) electrons. The lowest BCUT2D eigenvalue weighted by Crippen LogP contribution is -2.45. The predicted octanol–water partition coefficient (Wildman–Crippen LogP) is 2.77. The molecule has 2 unspecified atom stereocenters.